The molecule has 1 aliphatic heterocycles. The Morgan fingerprint density at radius 3 is 2.44 bits per heavy atom. The molecule has 1 atom stereocenters. The van der Waals surface area contributed by atoms with E-state index in [2.05, 4.69) is 4.99 Å². The average Bonchev–Trinajstić information content (AvgIpc) is 2.16. The van der Waals surface area contributed by atoms with E-state index >= 15 is 0 Å². The molecule has 9 heavy (non-hydrogen) atoms. The summed E-state index contributed by atoms with van der Waals surface area (Å²) in [5, 5.41) is 17.4. The second-order valence-electron chi connectivity index (χ2n) is 2.24. The lowest BCUT2D eigenvalue weighted by atomic mass is 10.0. The van der Waals surface area contributed by atoms with Crippen molar-refractivity contribution in [3.63, 3.8) is 0 Å². The molecule has 2 N–H and O–H groups in total. The first-order chi connectivity index (χ1) is 4.15. The number of allylic oxidation sites excluding steroid dienone is 1. The van der Waals surface area contributed by atoms with E-state index in [-0.39, 0.29) is 0 Å². The molecule has 1 rings (SSSR count). The van der Waals surface area contributed by atoms with Gasteiger partial charge in [0.2, 0.25) is 0 Å². The highest BCUT2D eigenvalue weighted by atomic mass is 16.5. The molecule has 0 spiro atoms. The van der Waals surface area contributed by atoms with Crippen LogP contribution < -0.4 is 0 Å². The van der Waals surface area contributed by atoms with Crippen LogP contribution in [0.15, 0.2) is 17.1 Å². The minimum absolute atomic E-state index is 0.806. The van der Waals surface area contributed by atoms with Crippen LogP contribution in [0, 0.1) is 0 Å². The van der Waals surface area contributed by atoms with Crippen LogP contribution in [0.1, 0.15) is 6.92 Å². The summed E-state index contributed by atoms with van der Waals surface area (Å²) in [6, 6.07) is 0. The molecule has 0 amide bonds. The Labute approximate surface area is 53.4 Å². The number of rotatable bonds is 1. The van der Waals surface area contributed by atoms with Gasteiger partial charge in [0.25, 0.3) is 0 Å². The molecule has 0 aromatic rings. The Balaban J connectivity index is 2.75. The third kappa shape index (κ3) is 1.01. The molecule has 0 aliphatic carbocycles. The zero-order valence-corrected chi connectivity index (χ0v) is 5.15. The quantitative estimate of drug-likeness (QED) is 0.475. The van der Waals surface area contributed by atoms with Crippen molar-refractivity contribution in [2.24, 2.45) is 4.99 Å². The lowest BCUT2D eigenvalue weighted by Gasteiger charge is -2.19. The van der Waals surface area contributed by atoms with Gasteiger partial charge in [-0.05, 0) is 13.0 Å². The van der Waals surface area contributed by atoms with Gasteiger partial charge in [0.05, 0.1) is 0 Å². The van der Waals surface area contributed by atoms with Crippen molar-refractivity contribution in [3.8, 4) is 0 Å². The molecule has 3 nitrogen and oxygen atoms in total. The van der Waals surface area contributed by atoms with Gasteiger partial charge in [-0.2, -0.15) is 0 Å². The van der Waals surface area contributed by atoms with Crippen molar-refractivity contribution in [3.05, 3.63) is 12.2 Å². The first-order valence-electron chi connectivity index (χ1n) is 2.74. The number of nitrogens with zero attached hydrogens (tertiary/aromatic N) is 1. The Bertz CT molecular complexity index is 148. The van der Waals surface area contributed by atoms with Crippen molar-refractivity contribution in [1.29, 1.82) is 0 Å². The smallest absolute Gasteiger partial charge is 0.180 e. The zero-order chi connectivity index (χ0) is 6.91. The maximum Gasteiger partial charge on any atom is 0.180 e. The molecule has 1 heterocycles. The second-order valence-corrected chi connectivity index (χ2v) is 2.24. The van der Waals surface area contributed by atoms with Crippen LogP contribution in [0.3, 0.4) is 0 Å². The Hall–Kier alpha value is -0.670. The minimum Gasteiger partial charge on any atom is -0.366 e. The number of aliphatic hydroxyl groups excluding tert-OH is 1. The van der Waals surface area contributed by atoms with Crippen molar-refractivity contribution in [2.45, 2.75) is 18.8 Å². The minimum atomic E-state index is -1.40. The highest BCUT2D eigenvalue weighted by Gasteiger charge is 2.28. The summed E-state index contributed by atoms with van der Waals surface area (Å²) in [6.07, 6.45) is 3.50. The Morgan fingerprint density at radius 2 is 2.22 bits per heavy atom. The zero-order valence-electron chi connectivity index (χ0n) is 5.15. The monoisotopic (exact) mass is 127 g/mol. The van der Waals surface area contributed by atoms with Crippen molar-refractivity contribution >= 4 is 6.21 Å². The normalized spacial score (nSPS) is 32.4. The summed E-state index contributed by atoms with van der Waals surface area (Å²) < 4.78 is 0. The second kappa shape index (κ2) is 1.93. The van der Waals surface area contributed by atoms with Crippen molar-refractivity contribution in [2.75, 3.05) is 0 Å². The molecule has 0 bridgehead atoms. The number of aliphatic imine (C=N–C) groups is 1. The summed E-state index contributed by atoms with van der Waals surface area (Å²) in [5.41, 5.74) is -0.806. The summed E-state index contributed by atoms with van der Waals surface area (Å²) in [5.74, 6) is 0. The molecule has 0 aromatic carbocycles. The summed E-state index contributed by atoms with van der Waals surface area (Å²) >= 11 is 0. The van der Waals surface area contributed by atoms with Gasteiger partial charge in [0, 0.05) is 6.21 Å². The first kappa shape index (κ1) is 6.45. The number of aliphatic hydroxyl groups is 2. The third-order valence-electron chi connectivity index (χ3n) is 1.40. The van der Waals surface area contributed by atoms with Crippen LogP contribution in [0.2, 0.25) is 0 Å². The molecule has 0 fully saturated rings. The molecule has 1 unspecified atom stereocenters. The van der Waals surface area contributed by atoms with Crippen molar-refractivity contribution in [1.82, 2.24) is 0 Å². The van der Waals surface area contributed by atoms with Crippen LogP contribution in [-0.4, -0.2) is 28.3 Å². The Morgan fingerprint density at radius 1 is 1.56 bits per heavy atom. The lowest BCUT2D eigenvalue weighted by molar-refractivity contribution is -0.0744. The van der Waals surface area contributed by atoms with E-state index in [0.717, 1.165) is 0 Å². The summed E-state index contributed by atoms with van der Waals surface area (Å²) in [7, 11) is 0. The highest BCUT2D eigenvalue weighted by molar-refractivity contribution is 5.75. The lowest BCUT2D eigenvalue weighted by Crippen LogP contribution is -2.33. The van der Waals surface area contributed by atoms with Gasteiger partial charge in [-0.3, -0.25) is 4.99 Å². The molecule has 50 valence electrons. The SMILES string of the molecule is CC1(C(O)O)C=CC=N1. The van der Waals surface area contributed by atoms with Gasteiger partial charge in [-0.25, -0.2) is 0 Å². The van der Waals surface area contributed by atoms with Crippen LogP contribution in [-0.2, 0) is 0 Å². The van der Waals surface area contributed by atoms with Crippen LogP contribution >= 0.6 is 0 Å². The van der Waals surface area contributed by atoms with E-state index in [1.165, 1.54) is 0 Å². The van der Waals surface area contributed by atoms with Gasteiger partial charge in [-0.1, -0.05) is 6.08 Å². The van der Waals surface area contributed by atoms with E-state index in [1.807, 2.05) is 0 Å². The average molecular weight is 127 g/mol. The van der Waals surface area contributed by atoms with Crippen LogP contribution in [0.5, 0.6) is 0 Å². The molecule has 1 aliphatic rings. The molecular formula is C6H9NO2. The predicted octanol–water partition coefficient (Wildman–Crippen LogP) is -0.304. The van der Waals surface area contributed by atoms with Crippen molar-refractivity contribution < 1.29 is 10.2 Å². The topological polar surface area (TPSA) is 52.8 Å². The fourth-order valence-electron chi connectivity index (χ4n) is 0.637. The standard InChI is InChI=1S/C6H9NO2/c1-6(5(8)9)3-2-4-7-6/h2-5,8-9H,1H3. The molecule has 0 radical (unpaired) electrons. The molecule has 0 saturated heterocycles. The van der Waals surface area contributed by atoms with E-state index in [1.54, 1.807) is 25.3 Å². The fraction of sp³-hybridized carbons (Fsp3) is 0.500. The Kier molecular flexibility index (Phi) is 1.38. The molecular weight excluding hydrogens is 118 g/mol. The van der Waals surface area contributed by atoms with Gasteiger partial charge in [0.1, 0.15) is 5.54 Å². The number of hydrogen-bond acceptors (Lipinski definition) is 3. The summed E-state index contributed by atoms with van der Waals surface area (Å²) in [4.78, 5) is 3.83. The van der Waals surface area contributed by atoms with Gasteiger partial charge in [-0.15, -0.1) is 0 Å². The molecule has 3 heteroatoms. The predicted molar refractivity (Wildman–Crippen MR) is 34.3 cm³/mol. The van der Waals surface area contributed by atoms with E-state index < -0.39 is 11.8 Å². The largest absolute Gasteiger partial charge is 0.366 e. The van der Waals surface area contributed by atoms with E-state index in [4.69, 9.17) is 10.2 Å². The van der Waals surface area contributed by atoms with Crippen LogP contribution in [0.25, 0.3) is 0 Å². The number of hydrogen-bond donors (Lipinski definition) is 2. The first-order valence-corrected chi connectivity index (χ1v) is 2.74. The van der Waals surface area contributed by atoms with Gasteiger partial charge >= 0.3 is 0 Å². The third-order valence-corrected chi connectivity index (χ3v) is 1.40. The van der Waals surface area contributed by atoms with Gasteiger partial charge < -0.3 is 10.2 Å². The molecule has 0 aromatic heterocycles. The van der Waals surface area contributed by atoms with E-state index in [0.29, 0.717) is 0 Å². The maximum absolute atomic E-state index is 8.70. The van der Waals surface area contributed by atoms with Crippen LogP contribution in [0.4, 0.5) is 0 Å². The highest BCUT2D eigenvalue weighted by Crippen LogP contribution is 2.18. The fourth-order valence-corrected chi connectivity index (χ4v) is 0.637. The van der Waals surface area contributed by atoms with E-state index in [9.17, 15) is 0 Å². The summed E-state index contributed by atoms with van der Waals surface area (Å²) in [6.45, 7) is 1.65. The molecule has 0 saturated carbocycles. The van der Waals surface area contributed by atoms with Gasteiger partial charge in [0.15, 0.2) is 6.29 Å². The maximum atomic E-state index is 8.70.